The number of hydrogen-bond donors (Lipinski definition) is 1. The van der Waals surface area contributed by atoms with Crippen LogP contribution < -0.4 is 0 Å². The molecule has 0 aliphatic carbocycles. The van der Waals surface area contributed by atoms with Crippen molar-refractivity contribution in [1.82, 2.24) is 14.7 Å². The van der Waals surface area contributed by atoms with Crippen LogP contribution in [0.2, 0.25) is 0 Å². The lowest BCUT2D eigenvalue weighted by Crippen LogP contribution is -2.40. The summed E-state index contributed by atoms with van der Waals surface area (Å²) >= 11 is 0. The zero-order valence-corrected chi connectivity index (χ0v) is 14.5. The molecule has 2 saturated heterocycles. The molecule has 2 amide bonds. The second-order valence-electron chi connectivity index (χ2n) is 6.95. The van der Waals surface area contributed by atoms with Crippen LogP contribution in [0.15, 0.2) is 0 Å². The number of carbonyl (C=O) groups excluding carboxylic acids is 2. The molecule has 1 N–H and O–H groups in total. The van der Waals surface area contributed by atoms with E-state index >= 15 is 0 Å². The zero-order valence-electron chi connectivity index (χ0n) is 14.5. The van der Waals surface area contributed by atoms with E-state index in [1.807, 2.05) is 0 Å². The fourth-order valence-electron chi connectivity index (χ4n) is 3.61. The van der Waals surface area contributed by atoms with Gasteiger partial charge < -0.3 is 19.8 Å². The molecule has 0 aromatic heterocycles. The van der Waals surface area contributed by atoms with Crippen LogP contribution in [0, 0.1) is 5.92 Å². The third-order valence-electron chi connectivity index (χ3n) is 5.01. The topological polar surface area (TPSA) is 64.1 Å². The van der Waals surface area contributed by atoms with Crippen LogP contribution in [0.4, 0.5) is 0 Å². The van der Waals surface area contributed by atoms with E-state index in [-0.39, 0.29) is 11.8 Å². The van der Waals surface area contributed by atoms with Crippen molar-refractivity contribution in [2.24, 2.45) is 5.92 Å². The van der Waals surface area contributed by atoms with Gasteiger partial charge in [-0.2, -0.15) is 0 Å². The lowest BCUT2D eigenvalue weighted by molar-refractivity contribution is -0.134. The highest BCUT2D eigenvalue weighted by Crippen LogP contribution is 2.22. The van der Waals surface area contributed by atoms with E-state index in [0.29, 0.717) is 38.5 Å². The van der Waals surface area contributed by atoms with Gasteiger partial charge in [-0.05, 0) is 44.8 Å². The van der Waals surface area contributed by atoms with Gasteiger partial charge in [0.25, 0.3) is 0 Å². The summed E-state index contributed by atoms with van der Waals surface area (Å²) in [5, 5.41) is 10.0. The van der Waals surface area contributed by atoms with Crippen LogP contribution >= 0.6 is 0 Å². The molecular weight excluding hydrogens is 294 g/mol. The second-order valence-corrected chi connectivity index (χ2v) is 6.95. The average molecular weight is 325 g/mol. The Morgan fingerprint density at radius 1 is 1.04 bits per heavy atom. The molecule has 23 heavy (non-hydrogen) atoms. The highest BCUT2D eigenvalue weighted by molar-refractivity contribution is 5.77. The second kappa shape index (κ2) is 8.64. The number of aliphatic hydroxyl groups excluding tert-OH is 1. The van der Waals surface area contributed by atoms with Crippen LogP contribution in [0.1, 0.15) is 39.5 Å². The largest absolute Gasteiger partial charge is 0.389 e. The van der Waals surface area contributed by atoms with Gasteiger partial charge in [0.15, 0.2) is 0 Å². The number of rotatable bonds is 4. The first-order chi connectivity index (χ1) is 11.0. The van der Waals surface area contributed by atoms with Crippen molar-refractivity contribution in [3.8, 4) is 0 Å². The van der Waals surface area contributed by atoms with Gasteiger partial charge in [0.05, 0.1) is 6.10 Å². The third-order valence-corrected chi connectivity index (χ3v) is 5.01. The molecular formula is C17H31N3O3. The van der Waals surface area contributed by atoms with Crippen LogP contribution in [-0.4, -0.2) is 83.5 Å². The van der Waals surface area contributed by atoms with Gasteiger partial charge in [0.2, 0.25) is 11.8 Å². The summed E-state index contributed by atoms with van der Waals surface area (Å²) in [7, 11) is 0. The quantitative estimate of drug-likeness (QED) is 0.820. The van der Waals surface area contributed by atoms with E-state index in [9.17, 15) is 14.7 Å². The van der Waals surface area contributed by atoms with Gasteiger partial charge in [-0.15, -0.1) is 0 Å². The summed E-state index contributed by atoms with van der Waals surface area (Å²) in [4.78, 5) is 29.9. The zero-order chi connectivity index (χ0) is 16.8. The van der Waals surface area contributed by atoms with Crippen molar-refractivity contribution < 1.29 is 14.7 Å². The summed E-state index contributed by atoms with van der Waals surface area (Å²) < 4.78 is 0. The molecule has 0 aromatic rings. The van der Waals surface area contributed by atoms with Crippen LogP contribution in [0.5, 0.6) is 0 Å². The Kier molecular flexibility index (Phi) is 6.84. The highest BCUT2D eigenvalue weighted by atomic mass is 16.3. The first-order valence-corrected chi connectivity index (χ1v) is 8.93. The minimum Gasteiger partial charge on any atom is -0.389 e. The summed E-state index contributed by atoms with van der Waals surface area (Å²) in [5.74, 6) is 0.546. The molecule has 2 fully saturated rings. The first kappa shape index (κ1) is 18.2. The maximum Gasteiger partial charge on any atom is 0.222 e. The van der Waals surface area contributed by atoms with Crippen LogP contribution in [0.3, 0.4) is 0 Å². The summed E-state index contributed by atoms with van der Waals surface area (Å²) in [6, 6.07) is 0. The fraction of sp³-hybridized carbons (Fsp3) is 0.882. The average Bonchev–Trinajstić information content (AvgIpc) is 2.71. The number of nitrogens with zero attached hydrogens (tertiary/aromatic N) is 3. The standard InChI is InChI=1S/C17H31N3O3/c1-3-6-18-7-4-15(5-8-18)11-17(23)20-10-9-19(14(2)21)12-16(22)13-20/h15-16,22H,3-13H2,1-2H3. The predicted octanol–water partition coefficient (Wildman–Crippen LogP) is 0.550. The molecule has 6 heteroatoms. The molecule has 2 heterocycles. The van der Waals surface area contributed by atoms with Crippen molar-refractivity contribution in [1.29, 1.82) is 0 Å². The highest BCUT2D eigenvalue weighted by Gasteiger charge is 2.28. The molecule has 2 aliphatic rings. The number of likely N-dealkylation sites (tertiary alicyclic amines) is 1. The monoisotopic (exact) mass is 325 g/mol. The normalized spacial score (nSPS) is 24.6. The van der Waals surface area contributed by atoms with Gasteiger partial charge >= 0.3 is 0 Å². The van der Waals surface area contributed by atoms with Crippen molar-refractivity contribution >= 4 is 11.8 Å². The Balaban J connectivity index is 1.80. The molecule has 6 nitrogen and oxygen atoms in total. The minimum atomic E-state index is -0.642. The van der Waals surface area contributed by atoms with Crippen molar-refractivity contribution in [3.05, 3.63) is 0 Å². The van der Waals surface area contributed by atoms with E-state index in [1.165, 1.54) is 13.3 Å². The Labute approximate surface area is 139 Å². The smallest absolute Gasteiger partial charge is 0.222 e. The van der Waals surface area contributed by atoms with Gasteiger partial charge in [-0.25, -0.2) is 0 Å². The van der Waals surface area contributed by atoms with E-state index in [1.54, 1.807) is 9.80 Å². The first-order valence-electron chi connectivity index (χ1n) is 8.93. The lowest BCUT2D eigenvalue weighted by atomic mass is 9.93. The Morgan fingerprint density at radius 2 is 1.65 bits per heavy atom. The molecule has 2 rings (SSSR count). The van der Waals surface area contributed by atoms with Gasteiger partial charge in [0.1, 0.15) is 0 Å². The van der Waals surface area contributed by atoms with Crippen molar-refractivity contribution in [2.45, 2.75) is 45.6 Å². The Hall–Kier alpha value is -1.14. The molecule has 1 unspecified atom stereocenters. The number of carbonyl (C=O) groups is 2. The van der Waals surface area contributed by atoms with E-state index in [4.69, 9.17) is 0 Å². The van der Waals surface area contributed by atoms with E-state index in [2.05, 4.69) is 11.8 Å². The van der Waals surface area contributed by atoms with Gasteiger partial charge in [-0.3, -0.25) is 9.59 Å². The lowest BCUT2D eigenvalue weighted by Gasteiger charge is -2.32. The third kappa shape index (κ3) is 5.46. The summed E-state index contributed by atoms with van der Waals surface area (Å²) in [6.07, 6.45) is 3.29. The molecule has 0 bridgehead atoms. The number of piperidine rings is 1. The molecule has 0 spiro atoms. The van der Waals surface area contributed by atoms with Gasteiger partial charge in [-0.1, -0.05) is 6.92 Å². The number of β-amino-alcohol motifs (C(OH)–C–C–N with tert-alkyl or cyclic N) is 1. The molecule has 0 aromatic carbocycles. The Morgan fingerprint density at radius 3 is 2.26 bits per heavy atom. The number of aliphatic hydroxyl groups is 1. The Bertz CT molecular complexity index is 408. The van der Waals surface area contributed by atoms with Crippen molar-refractivity contribution in [2.75, 3.05) is 45.8 Å². The van der Waals surface area contributed by atoms with Crippen LogP contribution in [-0.2, 0) is 9.59 Å². The number of amides is 2. The van der Waals surface area contributed by atoms with Crippen molar-refractivity contribution in [3.63, 3.8) is 0 Å². The summed E-state index contributed by atoms with van der Waals surface area (Å²) in [6.45, 7) is 8.76. The molecule has 0 radical (unpaired) electrons. The van der Waals surface area contributed by atoms with Gasteiger partial charge in [0, 0.05) is 39.5 Å². The predicted molar refractivity (Wildman–Crippen MR) is 88.9 cm³/mol. The fourth-order valence-corrected chi connectivity index (χ4v) is 3.61. The van der Waals surface area contributed by atoms with E-state index in [0.717, 1.165) is 32.5 Å². The minimum absolute atomic E-state index is 0.0401. The maximum absolute atomic E-state index is 12.5. The molecule has 2 aliphatic heterocycles. The maximum atomic E-state index is 12.5. The SMILES string of the molecule is CCCN1CCC(CC(=O)N2CCN(C(C)=O)CC(O)C2)CC1. The molecule has 0 saturated carbocycles. The number of hydrogen-bond acceptors (Lipinski definition) is 4. The molecule has 1 atom stereocenters. The van der Waals surface area contributed by atoms with Crippen LogP contribution in [0.25, 0.3) is 0 Å². The molecule has 132 valence electrons. The van der Waals surface area contributed by atoms with E-state index < -0.39 is 6.10 Å². The summed E-state index contributed by atoms with van der Waals surface area (Å²) in [5.41, 5.74) is 0.